The summed E-state index contributed by atoms with van der Waals surface area (Å²) in [6.07, 6.45) is 0.640. The molecule has 0 saturated heterocycles. The normalized spacial score (nSPS) is 11.8. The molecule has 23 heavy (non-hydrogen) atoms. The zero-order valence-electron chi connectivity index (χ0n) is 14.0. The molecule has 2 aromatic rings. The molecule has 5 nitrogen and oxygen atoms in total. The van der Waals surface area contributed by atoms with Crippen molar-refractivity contribution < 1.29 is 18.3 Å². The van der Waals surface area contributed by atoms with E-state index in [1.807, 2.05) is 27.7 Å². The van der Waals surface area contributed by atoms with Gasteiger partial charge in [-0.15, -0.1) is 0 Å². The summed E-state index contributed by atoms with van der Waals surface area (Å²) in [5.41, 5.74) is 5.18. The minimum absolute atomic E-state index is 0.128. The lowest BCUT2D eigenvalue weighted by Gasteiger charge is -2.19. The molecular formula is C16H21F2N3O2. The molecule has 1 aromatic carbocycles. The van der Waals surface area contributed by atoms with Crippen molar-refractivity contribution in [2.75, 3.05) is 19.5 Å². The molecule has 0 bridgehead atoms. The standard InChI is InChI=1S/C16H21F2N3O2/c1-6-7-23-13-10(18)11-8(9(17)12(13)22-5)14(19)21-15(20-11)16(2,3)4/h6-7H2,1-5H3,(H2,19,20,21). The van der Waals surface area contributed by atoms with Crippen LogP contribution in [0.15, 0.2) is 0 Å². The average Bonchev–Trinajstić information content (AvgIpc) is 2.47. The Hall–Kier alpha value is -2.18. The van der Waals surface area contributed by atoms with Crippen LogP contribution in [0.4, 0.5) is 14.6 Å². The summed E-state index contributed by atoms with van der Waals surface area (Å²) in [5.74, 6) is -2.05. The second kappa shape index (κ2) is 6.14. The van der Waals surface area contributed by atoms with Gasteiger partial charge in [0.25, 0.3) is 0 Å². The molecular weight excluding hydrogens is 304 g/mol. The van der Waals surface area contributed by atoms with Crippen LogP contribution in [0.3, 0.4) is 0 Å². The number of halogens is 2. The lowest BCUT2D eigenvalue weighted by Crippen LogP contribution is -2.18. The summed E-state index contributed by atoms with van der Waals surface area (Å²) in [5, 5.41) is -0.198. The van der Waals surface area contributed by atoms with Crippen LogP contribution >= 0.6 is 0 Å². The van der Waals surface area contributed by atoms with Crippen molar-refractivity contribution in [3.05, 3.63) is 17.5 Å². The summed E-state index contributed by atoms with van der Waals surface area (Å²) in [6, 6.07) is 0. The lowest BCUT2D eigenvalue weighted by atomic mass is 9.95. The van der Waals surface area contributed by atoms with Crippen LogP contribution in [0.5, 0.6) is 11.5 Å². The number of nitrogens with two attached hydrogens (primary N) is 1. The largest absolute Gasteiger partial charge is 0.490 e. The first-order valence-electron chi connectivity index (χ1n) is 7.37. The first kappa shape index (κ1) is 17.2. The molecule has 0 radical (unpaired) electrons. The highest BCUT2D eigenvalue weighted by atomic mass is 19.1. The number of hydrogen-bond donors (Lipinski definition) is 1. The average molecular weight is 325 g/mol. The van der Waals surface area contributed by atoms with Crippen molar-refractivity contribution >= 4 is 16.7 Å². The van der Waals surface area contributed by atoms with E-state index in [0.29, 0.717) is 12.2 Å². The molecule has 0 atom stereocenters. The molecule has 2 rings (SSSR count). The molecule has 2 N–H and O–H groups in total. The van der Waals surface area contributed by atoms with Crippen molar-refractivity contribution in [2.24, 2.45) is 0 Å². The summed E-state index contributed by atoms with van der Waals surface area (Å²) in [4.78, 5) is 8.28. The molecule has 0 aliphatic rings. The van der Waals surface area contributed by atoms with Gasteiger partial charge in [0.05, 0.1) is 19.1 Å². The molecule has 0 unspecified atom stereocenters. The number of anilines is 1. The number of fused-ring (bicyclic) bond motifs is 1. The maximum atomic E-state index is 14.9. The summed E-state index contributed by atoms with van der Waals surface area (Å²) < 4.78 is 39.8. The fourth-order valence-corrected chi connectivity index (χ4v) is 2.12. The molecule has 1 aromatic heterocycles. The van der Waals surface area contributed by atoms with E-state index in [-0.39, 0.29) is 34.8 Å². The van der Waals surface area contributed by atoms with Crippen molar-refractivity contribution in [1.29, 1.82) is 0 Å². The maximum Gasteiger partial charge on any atom is 0.202 e. The number of aromatic nitrogens is 2. The quantitative estimate of drug-likeness (QED) is 0.930. The molecule has 126 valence electrons. The second-order valence-electron chi connectivity index (χ2n) is 6.24. The smallest absolute Gasteiger partial charge is 0.202 e. The van der Waals surface area contributed by atoms with Crippen LogP contribution < -0.4 is 15.2 Å². The third kappa shape index (κ3) is 3.00. The number of nitrogens with zero attached hydrogens (tertiary/aromatic N) is 2. The zero-order valence-corrected chi connectivity index (χ0v) is 14.0. The van der Waals surface area contributed by atoms with Crippen molar-refractivity contribution in [3.63, 3.8) is 0 Å². The molecule has 0 saturated carbocycles. The number of nitrogen functional groups attached to an aromatic ring is 1. The Morgan fingerprint density at radius 3 is 2.26 bits per heavy atom. The number of ether oxygens (including phenoxy) is 2. The van der Waals surface area contributed by atoms with Gasteiger partial charge in [-0.25, -0.2) is 18.7 Å². The number of rotatable bonds is 4. The fraction of sp³-hybridized carbons (Fsp3) is 0.500. The van der Waals surface area contributed by atoms with Gasteiger partial charge in [0, 0.05) is 5.41 Å². The maximum absolute atomic E-state index is 14.9. The molecule has 0 fully saturated rings. The first-order chi connectivity index (χ1) is 10.7. The summed E-state index contributed by atoms with van der Waals surface area (Å²) >= 11 is 0. The van der Waals surface area contributed by atoms with Gasteiger partial charge in [0.15, 0.2) is 11.6 Å². The van der Waals surface area contributed by atoms with Crippen molar-refractivity contribution in [3.8, 4) is 11.5 Å². The van der Waals surface area contributed by atoms with Crippen molar-refractivity contribution in [1.82, 2.24) is 9.97 Å². The Morgan fingerprint density at radius 2 is 1.74 bits per heavy atom. The van der Waals surface area contributed by atoms with Gasteiger partial charge in [-0.2, -0.15) is 0 Å². The third-order valence-electron chi connectivity index (χ3n) is 3.29. The Bertz CT molecular complexity index is 743. The van der Waals surface area contributed by atoms with Gasteiger partial charge >= 0.3 is 0 Å². The molecule has 0 spiro atoms. The lowest BCUT2D eigenvalue weighted by molar-refractivity contribution is 0.274. The van der Waals surface area contributed by atoms with Crippen molar-refractivity contribution in [2.45, 2.75) is 39.5 Å². The number of hydrogen-bond acceptors (Lipinski definition) is 5. The van der Waals surface area contributed by atoms with E-state index in [4.69, 9.17) is 15.2 Å². The van der Waals surface area contributed by atoms with Gasteiger partial charge in [-0.1, -0.05) is 27.7 Å². The third-order valence-corrected chi connectivity index (χ3v) is 3.29. The second-order valence-corrected chi connectivity index (χ2v) is 6.24. The van der Waals surface area contributed by atoms with Crippen LogP contribution in [-0.2, 0) is 5.41 Å². The van der Waals surface area contributed by atoms with Crippen LogP contribution in [0.2, 0.25) is 0 Å². The topological polar surface area (TPSA) is 70.3 Å². The van der Waals surface area contributed by atoms with Gasteiger partial charge in [0.1, 0.15) is 17.2 Å². The van der Waals surface area contributed by atoms with Crippen LogP contribution in [0.1, 0.15) is 39.9 Å². The Labute approximate surface area is 133 Å². The summed E-state index contributed by atoms with van der Waals surface area (Å²) in [6.45, 7) is 7.67. The number of benzene rings is 1. The molecule has 0 aliphatic carbocycles. The Kier molecular flexibility index (Phi) is 4.58. The highest BCUT2D eigenvalue weighted by Gasteiger charge is 2.28. The Morgan fingerprint density at radius 1 is 1.09 bits per heavy atom. The van der Waals surface area contributed by atoms with E-state index >= 15 is 0 Å². The van der Waals surface area contributed by atoms with Crippen LogP contribution in [0.25, 0.3) is 10.9 Å². The Balaban J connectivity index is 2.85. The van der Waals surface area contributed by atoms with E-state index in [0.717, 1.165) is 0 Å². The molecule has 0 aliphatic heterocycles. The zero-order chi connectivity index (χ0) is 17.4. The monoisotopic (exact) mass is 325 g/mol. The van der Waals surface area contributed by atoms with Gasteiger partial charge in [-0.05, 0) is 6.42 Å². The van der Waals surface area contributed by atoms with Crippen LogP contribution in [0, 0.1) is 11.6 Å². The predicted octanol–water partition coefficient (Wildman–Crippen LogP) is 3.59. The van der Waals surface area contributed by atoms with E-state index in [1.54, 1.807) is 0 Å². The number of methoxy groups -OCH3 is 1. The van der Waals surface area contributed by atoms with Gasteiger partial charge in [0.2, 0.25) is 11.5 Å². The fourth-order valence-electron chi connectivity index (χ4n) is 2.12. The highest BCUT2D eigenvalue weighted by molar-refractivity contribution is 5.92. The summed E-state index contributed by atoms with van der Waals surface area (Å²) in [7, 11) is 1.24. The van der Waals surface area contributed by atoms with E-state index < -0.39 is 17.0 Å². The minimum atomic E-state index is -0.826. The van der Waals surface area contributed by atoms with Gasteiger partial charge in [-0.3, -0.25) is 0 Å². The SMILES string of the molecule is CCCOc1c(OC)c(F)c2c(N)nc(C(C)(C)C)nc2c1F. The first-order valence-corrected chi connectivity index (χ1v) is 7.37. The molecule has 7 heteroatoms. The minimum Gasteiger partial charge on any atom is -0.490 e. The predicted molar refractivity (Wildman–Crippen MR) is 84.9 cm³/mol. The van der Waals surface area contributed by atoms with E-state index in [1.165, 1.54) is 7.11 Å². The highest BCUT2D eigenvalue weighted by Crippen LogP contribution is 2.41. The molecule has 1 heterocycles. The van der Waals surface area contributed by atoms with E-state index in [2.05, 4.69) is 9.97 Å². The molecule has 0 amide bonds. The van der Waals surface area contributed by atoms with E-state index in [9.17, 15) is 8.78 Å². The van der Waals surface area contributed by atoms with Gasteiger partial charge < -0.3 is 15.2 Å². The van der Waals surface area contributed by atoms with Crippen LogP contribution in [-0.4, -0.2) is 23.7 Å².